The number of ether oxygens (including phenoxy) is 1. The van der Waals surface area contributed by atoms with Gasteiger partial charge in [-0.1, -0.05) is 23.7 Å². The highest BCUT2D eigenvalue weighted by Gasteiger charge is 2.17. The van der Waals surface area contributed by atoms with Crippen LogP contribution in [0.1, 0.15) is 18.2 Å². The molecule has 0 fully saturated rings. The summed E-state index contributed by atoms with van der Waals surface area (Å²) in [6.45, 7) is 2.09. The molecule has 0 aliphatic carbocycles. The van der Waals surface area contributed by atoms with E-state index in [1.54, 1.807) is 0 Å². The molecule has 0 saturated carbocycles. The molecule has 0 bridgehead atoms. The van der Waals surface area contributed by atoms with Crippen LogP contribution < -0.4 is 10.1 Å². The SMILES string of the molecule is CNC(CCc1cccs1)C(C)Oc1cccc(Cl)c1. The van der Waals surface area contributed by atoms with Gasteiger partial charge in [0.25, 0.3) is 0 Å². The second-order valence-electron chi connectivity index (χ2n) is 4.79. The van der Waals surface area contributed by atoms with Gasteiger partial charge < -0.3 is 10.1 Å². The van der Waals surface area contributed by atoms with Crippen molar-refractivity contribution in [2.75, 3.05) is 7.05 Å². The fourth-order valence-electron chi connectivity index (χ4n) is 2.20. The number of nitrogens with one attached hydrogen (secondary N) is 1. The van der Waals surface area contributed by atoms with Gasteiger partial charge in [-0.25, -0.2) is 0 Å². The van der Waals surface area contributed by atoms with Gasteiger partial charge in [0.15, 0.2) is 0 Å². The summed E-state index contributed by atoms with van der Waals surface area (Å²) in [7, 11) is 1.98. The Kier molecular flexibility index (Phi) is 5.89. The van der Waals surface area contributed by atoms with Gasteiger partial charge in [0, 0.05) is 15.9 Å². The molecule has 0 aliphatic heterocycles. The third-order valence-electron chi connectivity index (χ3n) is 3.34. The molecule has 2 aromatic rings. The van der Waals surface area contributed by atoms with Crippen molar-refractivity contribution in [1.82, 2.24) is 5.32 Å². The number of hydrogen-bond acceptors (Lipinski definition) is 3. The van der Waals surface area contributed by atoms with Gasteiger partial charge in [-0.2, -0.15) is 0 Å². The number of rotatable bonds is 7. The Morgan fingerprint density at radius 1 is 1.30 bits per heavy atom. The van der Waals surface area contributed by atoms with Crippen molar-refractivity contribution in [3.8, 4) is 5.75 Å². The highest BCUT2D eigenvalue weighted by molar-refractivity contribution is 7.09. The van der Waals surface area contributed by atoms with Crippen LogP contribution in [-0.4, -0.2) is 19.2 Å². The normalized spacial score (nSPS) is 13.9. The topological polar surface area (TPSA) is 21.3 Å². The standard InChI is InChI=1S/C16H20ClNOS/c1-12(19-14-6-3-5-13(17)11-14)16(18-2)9-8-15-7-4-10-20-15/h3-7,10-12,16,18H,8-9H2,1-2H3. The Morgan fingerprint density at radius 2 is 2.15 bits per heavy atom. The van der Waals surface area contributed by atoms with Gasteiger partial charge in [-0.3, -0.25) is 0 Å². The number of hydrogen-bond donors (Lipinski definition) is 1. The third kappa shape index (κ3) is 4.51. The molecule has 1 aromatic carbocycles. The van der Waals surface area contributed by atoms with Crippen molar-refractivity contribution in [1.29, 1.82) is 0 Å². The van der Waals surface area contributed by atoms with E-state index in [0.29, 0.717) is 11.1 Å². The Bertz CT molecular complexity index is 515. The first-order valence-corrected chi connectivity index (χ1v) is 8.06. The average Bonchev–Trinajstić information content (AvgIpc) is 2.92. The minimum atomic E-state index is 0.0958. The van der Waals surface area contributed by atoms with Crippen LogP contribution >= 0.6 is 22.9 Å². The quantitative estimate of drug-likeness (QED) is 0.819. The lowest BCUT2D eigenvalue weighted by Crippen LogP contribution is -2.39. The Balaban J connectivity index is 1.89. The summed E-state index contributed by atoms with van der Waals surface area (Å²) >= 11 is 7.78. The molecule has 1 heterocycles. The highest BCUT2D eigenvalue weighted by Crippen LogP contribution is 2.20. The molecule has 2 atom stereocenters. The molecule has 2 rings (SSSR count). The van der Waals surface area contributed by atoms with E-state index in [0.717, 1.165) is 18.6 Å². The maximum absolute atomic E-state index is 5.98. The summed E-state index contributed by atoms with van der Waals surface area (Å²) in [4.78, 5) is 1.42. The molecule has 2 unspecified atom stereocenters. The molecule has 0 aliphatic rings. The molecule has 108 valence electrons. The largest absolute Gasteiger partial charge is 0.489 e. The van der Waals surface area contributed by atoms with E-state index >= 15 is 0 Å². The van der Waals surface area contributed by atoms with Crippen molar-refractivity contribution >= 4 is 22.9 Å². The lowest BCUT2D eigenvalue weighted by Gasteiger charge is -2.24. The lowest BCUT2D eigenvalue weighted by molar-refractivity contribution is 0.169. The Hall–Kier alpha value is -1.03. The van der Waals surface area contributed by atoms with Crippen molar-refractivity contribution < 1.29 is 4.74 Å². The van der Waals surface area contributed by atoms with Gasteiger partial charge in [0.2, 0.25) is 0 Å². The molecule has 4 heteroatoms. The summed E-state index contributed by atoms with van der Waals surface area (Å²) < 4.78 is 5.97. The molecule has 0 spiro atoms. The molecule has 1 aromatic heterocycles. The number of likely N-dealkylation sites (N-methyl/N-ethyl adjacent to an activating group) is 1. The van der Waals surface area contributed by atoms with Gasteiger partial charge in [-0.15, -0.1) is 11.3 Å². The number of benzene rings is 1. The molecule has 1 N–H and O–H groups in total. The van der Waals surface area contributed by atoms with Crippen LogP contribution in [0.5, 0.6) is 5.75 Å². The van der Waals surface area contributed by atoms with E-state index in [1.165, 1.54) is 4.88 Å². The van der Waals surface area contributed by atoms with Crippen LogP contribution in [0.25, 0.3) is 0 Å². The van der Waals surface area contributed by atoms with Crippen LogP contribution in [0.3, 0.4) is 0 Å². The smallest absolute Gasteiger partial charge is 0.121 e. The van der Waals surface area contributed by atoms with E-state index in [1.807, 2.05) is 42.6 Å². The van der Waals surface area contributed by atoms with Crippen molar-refractivity contribution in [2.24, 2.45) is 0 Å². The Morgan fingerprint density at radius 3 is 2.80 bits per heavy atom. The predicted octanol–water partition coefficient (Wildman–Crippen LogP) is 4.39. The minimum absolute atomic E-state index is 0.0958. The molecule has 0 amide bonds. The number of aryl methyl sites for hydroxylation is 1. The van der Waals surface area contributed by atoms with Crippen molar-refractivity contribution in [3.05, 3.63) is 51.7 Å². The average molecular weight is 310 g/mol. The molecule has 20 heavy (non-hydrogen) atoms. The summed E-state index contributed by atoms with van der Waals surface area (Å²) in [6.07, 6.45) is 2.23. The van der Waals surface area contributed by atoms with Gasteiger partial charge in [-0.05, 0) is 56.5 Å². The lowest BCUT2D eigenvalue weighted by atomic mass is 10.1. The third-order valence-corrected chi connectivity index (χ3v) is 4.51. The van der Waals surface area contributed by atoms with E-state index in [-0.39, 0.29) is 6.10 Å². The van der Waals surface area contributed by atoms with Gasteiger partial charge in [0.1, 0.15) is 11.9 Å². The summed E-state index contributed by atoms with van der Waals surface area (Å²) in [5.74, 6) is 0.821. The maximum Gasteiger partial charge on any atom is 0.121 e. The Labute approximate surface area is 129 Å². The van der Waals surface area contributed by atoms with Gasteiger partial charge >= 0.3 is 0 Å². The van der Waals surface area contributed by atoms with Gasteiger partial charge in [0.05, 0.1) is 0 Å². The van der Waals surface area contributed by atoms with Crippen LogP contribution in [-0.2, 0) is 6.42 Å². The summed E-state index contributed by atoms with van der Waals surface area (Å²) in [5.41, 5.74) is 0. The summed E-state index contributed by atoms with van der Waals surface area (Å²) in [5, 5.41) is 6.17. The first-order chi connectivity index (χ1) is 9.69. The van der Waals surface area contributed by atoms with Crippen LogP contribution in [0.15, 0.2) is 41.8 Å². The van der Waals surface area contributed by atoms with Crippen LogP contribution in [0.2, 0.25) is 5.02 Å². The van der Waals surface area contributed by atoms with E-state index in [4.69, 9.17) is 16.3 Å². The summed E-state index contributed by atoms with van der Waals surface area (Å²) in [6, 6.07) is 12.1. The molecule has 2 nitrogen and oxygen atoms in total. The number of thiophene rings is 1. The first kappa shape index (κ1) is 15.4. The zero-order chi connectivity index (χ0) is 14.4. The second kappa shape index (κ2) is 7.67. The minimum Gasteiger partial charge on any atom is -0.489 e. The van der Waals surface area contributed by atoms with Crippen molar-refractivity contribution in [2.45, 2.75) is 31.9 Å². The zero-order valence-corrected chi connectivity index (χ0v) is 13.4. The first-order valence-electron chi connectivity index (χ1n) is 6.81. The molecule has 0 radical (unpaired) electrons. The fourth-order valence-corrected chi connectivity index (χ4v) is 3.11. The molecule has 0 saturated heterocycles. The van der Waals surface area contributed by atoms with E-state index in [9.17, 15) is 0 Å². The molecular formula is C16H20ClNOS. The molecular weight excluding hydrogens is 290 g/mol. The van der Waals surface area contributed by atoms with Crippen LogP contribution in [0, 0.1) is 0 Å². The maximum atomic E-state index is 5.98. The van der Waals surface area contributed by atoms with Crippen molar-refractivity contribution in [3.63, 3.8) is 0 Å². The monoisotopic (exact) mass is 309 g/mol. The second-order valence-corrected chi connectivity index (χ2v) is 6.26. The number of halogens is 1. The van der Waals surface area contributed by atoms with Crippen LogP contribution in [0.4, 0.5) is 0 Å². The highest BCUT2D eigenvalue weighted by atomic mass is 35.5. The van der Waals surface area contributed by atoms with E-state index in [2.05, 4.69) is 29.8 Å². The zero-order valence-electron chi connectivity index (χ0n) is 11.8. The predicted molar refractivity (Wildman–Crippen MR) is 87.0 cm³/mol. The fraction of sp³-hybridized carbons (Fsp3) is 0.375. The van der Waals surface area contributed by atoms with E-state index < -0.39 is 0 Å².